The molecule has 17 heavy (non-hydrogen) atoms. The number of hydrogen-bond donors (Lipinski definition) is 1. The fourth-order valence-corrected chi connectivity index (χ4v) is 1.23. The number of nitrogens with one attached hydrogen (secondary N) is 1. The Labute approximate surface area is 96.0 Å². The molecule has 2 heterocycles. The molecule has 0 atom stereocenters. The van der Waals surface area contributed by atoms with Gasteiger partial charge in [-0.2, -0.15) is 5.10 Å². The second kappa shape index (κ2) is 4.20. The number of aryl methyl sites for hydroxylation is 2. The molecule has 0 unspecified atom stereocenters. The van der Waals surface area contributed by atoms with Crippen molar-refractivity contribution in [3.63, 3.8) is 0 Å². The van der Waals surface area contributed by atoms with Gasteiger partial charge in [0.25, 0.3) is 11.5 Å². The molecule has 0 saturated heterocycles. The van der Waals surface area contributed by atoms with Crippen LogP contribution in [0.2, 0.25) is 0 Å². The smallest absolute Gasteiger partial charge is 0.277 e. The molecule has 0 bridgehead atoms. The van der Waals surface area contributed by atoms with Crippen molar-refractivity contribution < 1.29 is 9.32 Å². The number of carbonyl (C=O) groups excluding carboxylic acids is 1. The van der Waals surface area contributed by atoms with Gasteiger partial charge in [0.05, 0.1) is 0 Å². The summed E-state index contributed by atoms with van der Waals surface area (Å²) in [6.45, 7) is 1.72. The third-order valence-corrected chi connectivity index (χ3v) is 2.06. The first-order valence-electron chi connectivity index (χ1n) is 4.85. The molecule has 0 aliphatic carbocycles. The van der Waals surface area contributed by atoms with Crippen molar-refractivity contribution in [1.29, 1.82) is 0 Å². The average molecular weight is 234 g/mol. The van der Waals surface area contributed by atoms with E-state index in [0.717, 1.165) is 4.68 Å². The van der Waals surface area contributed by atoms with Crippen LogP contribution in [0.5, 0.6) is 0 Å². The van der Waals surface area contributed by atoms with Gasteiger partial charge >= 0.3 is 0 Å². The summed E-state index contributed by atoms with van der Waals surface area (Å²) in [5.74, 6) is 0.450. The number of nitrogens with zero attached hydrogens (tertiary/aromatic N) is 3. The first-order chi connectivity index (χ1) is 8.06. The van der Waals surface area contributed by atoms with Crippen LogP contribution >= 0.6 is 0 Å². The van der Waals surface area contributed by atoms with Gasteiger partial charge in [-0.15, -0.1) is 0 Å². The van der Waals surface area contributed by atoms with Crippen LogP contribution in [0.15, 0.2) is 27.5 Å². The van der Waals surface area contributed by atoms with Crippen LogP contribution in [-0.2, 0) is 7.05 Å². The molecular weight excluding hydrogens is 224 g/mol. The van der Waals surface area contributed by atoms with Gasteiger partial charge in [-0.25, -0.2) is 4.68 Å². The SMILES string of the molecule is Cc1cc(NC(=O)c2ccc(=O)n(C)n2)no1. The van der Waals surface area contributed by atoms with E-state index >= 15 is 0 Å². The van der Waals surface area contributed by atoms with Gasteiger partial charge in [-0.05, 0) is 13.0 Å². The minimum absolute atomic E-state index is 0.132. The number of amides is 1. The molecule has 0 aliphatic rings. The van der Waals surface area contributed by atoms with Gasteiger partial charge in [0.15, 0.2) is 5.82 Å². The van der Waals surface area contributed by atoms with Gasteiger partial charge in [0.1, 0.15) is 11.5 Å². The minimum Gasteiger partial charge on any atom is -0.360 e. The highest BCUT2D eigenvalue weighted by atomic mass is 16.5. The number of aromatic nitrogens is 3. The van der Waals surface area contributed by atoms with E-state index < -0.39 is 5.91 Å². The molecule has 7 nitrogen and oxygen atoms in total. The molecule has 2 aromatic rings. The van der Waals surface area contributed by atoms with Crippen LogP contribution in [0.4, 0.5) is 5.82 Å². The topological polar surface area (TPSA) is 90.0 Å². The van der Waals surface area contributed by atoms with Crippen LogP contribution in [0.25, 0.3) is 0 Å². The zero-order valence-corrected chi connectivity index (χ0v) is 9.30. The number of hydrogen-bond acceptors (Lipinski definition) is 5. The molecule has 0 aliphatic heterocycles. The van der Waals surface area contributed by atoms with E-state index in [4.69, 9.17) is 4.52 Å². The van der Waals surface area contributed by atoms with Gasteiger partial charge in [-0.3, -0.25) is 9.59 Å². The Morgan fingerprint density at radius 2 is 2.24 bits per heavy atom. The monoisotopic (exact) mass is 234 g/mol. The van der Waals surface area contributed by atoms with E-state index in [0.29, 0.717) is 11.6 Å². The number of carbonyl (C=O) groups is 1. The van der Waals surface area contributed by atoms with E-state index in [1.54, 1.807) is 13.0 Å². The highest BCUT2D eigenvalue weighted by molar-refractivity contribution is 6.02. The third-order valence-electron chi connectivity index (χ3n) is 2.06. The Morgan fingerprint density at radius 1 is 1.47 bits per heavy atom. The quantitative estimate of drug-likeness (QED) is 0.808. The molecule has 0 radical (unpaired) electrons. The maximum absolute atomic E-state index is 11.7. The molecule has 1 N–H and O–H groups in total. The van der Waals surface area contributed by atoms with E-state index in [-0.39, 0.29) is 11.3 Å². The van der Waals surface area contributed by atoms with Gasteiger partial charge in [0.2, 0.25) is 0 Å². The number of anilines is 1. The van der Waals surface area contributed by atoms with Crippen LogP contribution in [0.1, 0.15) is 16.2 Å². The lowest BCUT2D eigenvalue weighted by molar-refractivity contribution is 0.101. The maximum atomic E-state index is 11.7. The minimum atomic E-state index is -0.450. The Kier molecular flexibility index (Phi) is 2.73. The van der Waals surface area contributed by atoms with Crippen LogP contribution < -0.4 is 10.9 Å². The molecule has 0 saturated carbocycles. The molecular formula is C10H10N4O3. The second-order valence-electron chi connectivity index (χ2n) is 3.46. The fourth-order valence-electron chi connectivity index (χ4n) is 1.23. The van der Waals surface area contributed by atoms with Crippen LogP contribution in [-0.4, -0.2) is 20.8 Å². The summed E-state index contributed by atoms with van der Waals surface area (Å²) in [4.78, 5) is 22.8. The van der Waals surface area contributed by atoms with Gasteiger partial charge in [0, 0.05) is 19.2 Å². The lowest BCUT2D eigenvalue weighted by Gasteiger charge is -2.01. The highest BCUT2D eigenvalue weighted by Crippen LogP contribution is 2.07. The fraction of sp³-hybridized carbons (Fsp3) is 0.200. The van der Waals surface area contributed by atoms with Crippen molar-refractivity contribution in [2.75, 3.05) is 5.32 Å². The first kappa shape index (κ1) is 11.1. The predicted octanol–water partition coefficient (Wildman–Crippen LogP) is 0.329. The molecule has 7 heteroatoms. The zero-order valence-electron chi connectivity index (χ0n) is 9.30. The maximum Gasteiger partial charge on any atom is 0.277 e. The summed E-state index contributed by atoms with van der Waals surface area (Å²) in [5, 5.41) is 9.93. The second-order valence-corrected chi connectivity index (χ2v) is 3.46. The van der Waals surface area contributed by atoms with Crippen molar-refractivity contribution >= 4 is 11.7 Å². The van der Waals surface area contributed by atoms with E-state index in [9.17, 15) is 9.59 Å². The van der Waals surface area contributed by atoms with Crippen LogP contribution in [0, 0.1) is 6.92 Å². The van der Waals surface area contributed by atoms with E-state index in [1.165, 1.54) is 19.2 Å². The van der Waals surface area contributed by atoms with Crippen LogP contribution in [0.3, 0.4) is 0 Å². The summed E-state index contributed by atoms with van der Waals surface area (Å²) in [5.41, 5.74) is -0.147. The lowest BCUT2D eigenvalue weighted by Crippen LogP contribution is -2.23. The summed E-state index contributed by atoms with van der Waals surface area (Å²) < 4.78 is 5.89. The molecule has 1 amide bonds. The first-order valence-corrected chi connectivity index (χ1v) is 4.85. The van der Waals surface area contributed by atoms with E-state index in [2.05, 4.69) is 15.6 Å². The molecule has 2 rings (SSSR count). The van der Waals surface area contributed by atoms with Crippen molar-refractivity contribution in [2.45, 2.75) is 6.92 Å². The van der Waals surface area contributed by atoms with Crippen molar-refractivity contribution in [1.82, 2.24) is 14.9 Å². The summed E-state index contributed by atoms with van der Waals surface area (Å²) in [6.07, 6.45) is 0. The lowest BCUT2D eigenvalue weighted by atomic mass is 10.3. The van der Waals surface area contributed by atoms with Gasteiger partial charge < -0.3 is 9.84 Å². The molecule has 0 fully saturated rings. The largest absolute Gasteiger partial charge is 0.360 e. The standard InChI is InChI=1S/C10H10N4O3/c1-6-5-8(13-17-6)11-10(16)7-3-4-9(15)14(2)12-7/h3-5H,1-2H3,(H,11,13,16). The van der Waals surface area contributed by atoms with E-state index in [1.807, 2.05) is 0 Å². The molecule has 2 aromatic heterocycles. The Balaban J connectivity index is 2.20. The highest BCUT2D eigenvalue weighted by Gasteiger charge is 2.10. The molecule has 88 valence electrons. The summed E-state index contributed by atoms with van der Waals surface area (Å²) >= 11 is 0. The summed E-state index contributed by atoms with van der Waals surface area (Å²) in [6, 6.07) is 4.21. The van der Waals surface area contributed by atoms with Gasteiger partial charge in [-0.1, -0.05) is 5.16 Å². The molecule has 0 spiro atoms. The van der Waals surface area contributed by atoms with Crippen molar-refractivity contribution in [2.24, 2.45) is 7.05 Å². The Bertz CT molecular complexity index is 614. The predicted molar refractivity (Wildman–Crippen MR) is 58.7 cm³/mol. The Morgan fingerprint density at radius 3 is 2.82 bits per heavy atom. The average Bonchev–Trinajstić information content (AvgIpc) is 2.68. The van der Waals surface area contributed by atoms with Crippen molar-refractivity contribution in [3.05, 3.63) is 40.0 Å². The third kappa shape index (κ3) is 2.39. The normalized spacial score (nSPS) is 10.2. The molecule has 0 aromatic carbocycles. The Hall–Kier alpha value is -2.44. The summed E-state index contributed by atoms with van der Waals surface area (Å²) in [7, 11) is 1.47. The zero-order chi connectivity index (χ0) is 12.4. The van der Waals surface area contributed by atoms with Crippen molar-refractivity contribution in [3.8, 4) is 0 Å². The number of rotatable bonds is 2.